The number of rotatable bonds is 5. The van der Waals surface area contributed by atoms with E-state index >= 15 is 0 Å². The van der Waals surface area contributed by atoms with Gasteiger partial charge in [-0.1, -0.05) is 30.3 Å². The van der Waals surface area contributed by atoms with Crippen molar-refractivity contribution in [3.63, 3.8) is 0 Å². The van der Waals surface area contributed by atoms with Crippen molar-refractivity contribution in [3.8, 4) is 22.4 Å². The second kappa shape index (κ2) is 7.33. The molecule has 0 radical (unpaired) electrons. The summed E-state index contributed by atoms with van der Waals surface area (Å²) in [6.07, 6.45) is 1.49. The molecule has 0 fully saturated rings. The molecule has 7 heteroatoms. The minimum absolute atomic E-state index is 0.0980. The van der Waals surface area contributed by atoms with E-state index in [1.165, 1.54) is 24.4 Å². The lowest BCUT2D eigenvalue weighted by Crippen LogP contribution is -2.14. The lowest BCUT2D eigenvalue weighted by Gasteiger charge is -2.14. The molecule has 0 spiro atoms. The van der Waals surface area contributed by atoms with Crippen molar-refractivity contribution in [2.45, 2.75) is 11.4 Å². The van der Waals surface area contributed by atoms with Crippen LogP contribution >= 0.6 is 0 Å². The number of primary sulfonamides is 1. The van der Waals surface area contributed by atoms with Gasteiger partial charge in [-0.25, -0.2) is 17.9 Å². The van der Waals surface area contributed by atoms with Crippen LogP contribution < -0.4 is 10.5 Å². The zero-order valence-corrected chi connectivity index (χ0v) is 14.9. The molecule has 0 unspecified atom stereocenters. The van der Waals surface area contributed by atoms with Gasteiger partial charge < -0.3 is 5.32 Å². The minimum atomic E-state index is -3.99. The van der Waals surface area contributed by atoms with Crippen LogP contribution in [0, 0.1) is 5.82 Å². The lowest BCUT2D eigenvalue weighted by molar-refractivity contribution is 0.597. The van der Waals surface area contributed by atoms with Crippen molar-refractivity contribution < 1.29 is 12.8 Å². The van der Waals surface area contributed by atoms with Gasteiger partial charge in [-0.05, 0) is 42.4 Å². The number of nitrogens with zero attached hydrogens (tertiary/aromatic N) is 1. The molecule has 0 aliphatic rings. The van der Waals surface area contributed by atoms with Gasteiger partial charge in [0.2, 0.25) is 10.0 Å². The van der Waals surface area contributed by atoms with Crippen LogP contribution in [0.15, 0.2) is 65.7 Å². The third-order valence-electron chi connectivity index (χ3n) is 3.96. The fourth-order valence-electron chi connectivity index (χ4n) is 2.84. The first kappa shape index (κ1) is 18.2. The zero-order chi connectivity index (χ0) is 18.7. The van der Waals surface area contributed by atoms with Crippen molar-refractivity contribution >= 4 is 10.0 Å². The monoisotopic (exact) mass is 371 g/mol. The Hall–Kier alpha value is -2.61. The molecule has 0 amide bonds. The first-order valence-corrected chi connectivity index (χ1v) is 9.47. The smallest absolute Gasteiger partial charge is 0.240 e. The molecule has 3 N–H and O–H groups in total. The Bertz CT molecular complexity index is 1050. The van der Waals surface area contributed by atoms with Crippen LogP contribution in [-0.4, -0.2) is 20.4 Å². The number of pyridine rings is 1. The molecule has 26 heavy (non-hydrogen) atoms. The van der Waals surface area contributed by atoms with E-state index in [9.17, 15) is 12.8 Å². The summed E-state index contributed by atoms with van der Waals surface area (Å²) in [7, 11) is -2.18. The number of aromatic nitrogens is 1. The van der Waals surface area contributed by atoms with Gasteiger partial charge in [-0.3, -0.25) is 4.98 Å². The van der Waals surface area contributed by atoms with Crippen molar-refractivity contribution in [1.82, 2.24) is 10.3 Å². The summed E-state index contributed by atoms with van der Waals surface area (Å²) in [5.74, 6) is -0.400. The van der Waals surface area contributed by atoms with Gasteiger partial charge in [-0.15, -0.1) is 0 Å². The summed E-state index contributed by atoms with van der Waals surface area (Å²) < 4.78 is 38.4. The first-order chi connectivity index (χ1) is 12.4. The number of nitrogens with two attached hydrogens (primary N) is 1. The van der Waals surface area contributed by atoms with Crippen LogP contribution in [0.4, 0.5) is 4.39 Å². The standard InChI is InChI=1S/C19H18FN3O2S/c1-22-12-13-8-9-14(15-5-2-3-6-17(15)20)16(11-13)19-18(26(21,24)25)7-4-10-23-19/h2-11,22H,12H2,1H3,(H2,21,24,25). The molecule has 1 aromatic heterocycles. The summed E-state index contributed by atoms with van der Waals surface area (Å²) in [4.78, 5) is 4.13. The number of hydrogen-bond donors (Lipinski definition) is 2. The number of benzene rings is 2. The number of nitrogens with one attached hydrogen (secondary N) is 1. The van der Waals surface area contributed by atoms with Gasteiger partial charge in [0.1, 0.15) is 10.7 Å². The van der Waals surface area contributed by atoms with E-state index in [1.54, 1.807) is 37.4 Å². The third kappa shape index (κ3) is 3.65. The summed E-state index contributed by atoms with van der Waals surface area (Å²) >= 11 is 0. The van der Waals surface area contributed by atoms with Gasteiger partial charge in [0.25, 0.3) is 0 Å². The molecule has 0 saturated heterocycles. The molecule has 1 heterocycles. The van der Waals surface area contributed by atoms with Crippen molar-refractivity contribution in [3.05, 3.63) is 72.2 Å². The van der Waals surface area contributed by atoms with E-state index < -0.39 is 15.8 Å². The second-order valence-electron chi connectivity index (χ2n) is 5.79. The summed E-state index contributed by atoms with van der Waals surface area (Å²) in [5, 5.41) is 8.40. The maximum absolute atomic E-state index is 14.4. The number of hydrogen-bond acceptors (Lipinski definition) is 4. The molecule has 0 aliphatic carbocycles. The number of halogens is 1. The highest BCUT2D eigenvalue weighted by Gasteiger charge is 2.20. The molecular weight excluding hydrogens is 353 g/mol. The molecule has 2 aromatic carbocycles. The molecule has 0 atom stereocenters. The Kier molecular flexibility index (Phi) is 5.13. The normalized spacial score (nSPS) is 11.5. The molecule has 0 aliphatic heterocycles. The van der Waals surface area contributed by atoms with E-state index in [1.807, 2.05) is 6.07 Å². The average Bonchev–Trinajstić information content (AvgIpc) is 2.62. The quantitative estimate of drug-likeness (QED) is 0.722. The van der Waals surface area contributed by atoms with E-state index in [4.69, 9.17) is 5.14 Å². The maximum atomic E-state index is 14.4. The fraction of sp³-hybridized carbons (Fsp3) is 0.105. The summed E-state index contributed by atoms with van der Waals surface area (Å²) in [6.45, 7) is 0.572. The first-order valence-electron chi connectivity index (χ1n) is 7.92. The third-order valence-corrected chi connectivity index (χ3v) is 4.90. The molecular formula is C19H18FN3O2S. The van der Waals surface area contributed by atoms with Crippen LogP contribution in [0.25, 0.3) is 22.4 Å². The van der Waals surface area contributed by atoms with E-state index in [2.05, 4.69) is 10.3 Å². The van der Waals surface area contributed by atoms with E-state index in [0.29, 0.717) is 23.2 Å². The summed E-state index contributed by atoms with van der Waals surface area (Å²) in [5.41, 5.74) is 2.53. The Morgan fingerprint density at radius 2 is 1.81 bits per heavy atom. The molecule has 3 aromatic rings. The van der Waals surface area contributed by atoms with Crippen LogP contribution in [0.3, 0.4) is 0 Å². The van der Waals surface area contributed by atoms with Crippen LogP contribution in [0.5, 0.6) is 0 Å². The van der Waals surface area contributed by atoms with Gasteiger partial charge >= 0.3 is 0 Å². The summed E-state index contributed by atoms with van der Waals surface area (Å²) in [6, 6.07) is 14.7. The van der Waals surface area contributed by atoms with Crippen molar-refractivity contribution in [2.75, 3.05) is 7.05 Å². The lowest BCUT2D eigenvalue weighted by atomic mass is 9.94. The highest BCUT2D eigenvalue weighted by molar-refractivity contribution is 7.89. The molecule has 0 bridgehead atoms. The molecule has 3 rings (SSSR count). The Balaban J connectivity index is 2.33. The Morgan fingerprint density at radius 3 is 2.50 bits per heavy atom. The molecule has 5 nitrogen and oxygen atoms in total. The van der Waals surface area contributed by atoms with Crippen LogP contribution in [0.2, 0.25) is 0 Å². The van der Waals surface area contributed by atoms with Crippen molar-refractivity contribution in [1.29, 1.82) is 0 Å². The predicted molar refractivity (Wildman–Crippen MR) is 99.2 cm³/mol. The van der Waals surface area contributed by atoms with Gasteiger partial charge in [0.05, 0.1) is 5.69 Å². The largest absolute Gasteiger partial charge is 0.316 e. The van der Waals surface area contributed by atoms with E-state index in [-0.39, 0.29) is 10.6 Å². The topological polar surface area (TPSA) is 85.1 Å². The van der Waals surface area contributed by atoms with Gasteiger partial charge in [0, 0.05) is 23.9 Å². The van der Waals surface area contributed by atoms with Crippen LogP contribution in [-0.2, 0) is 16.6 Å². The zero-order valence-electron chi connectivity index (χ0n) is 14.1. The van der Waals surface area contributed by atoms with Gasteiger partial charge in [0.15, 0.2) is 0 Å². The van der Waals surface area contributed by atoms with Crippen molar-refractivity contribution in [2.24, 2.45) is 5.14 Å². The van der Waals surface area contributed by atoms with Gasteiger partial charge in [-0.2, -0.15) is 0 Å². The second-order valence-corrected chi connectivity index (χ2v) is 7.32. The SMILES string of the molecule is CNCc1ccc(-c2ccccc2F)c(-c2ncccc2S(N)(=O)=O)c1. The molecule has 134 valence electrons. The minimum Gasteiger partial charge on any atom is -0.316 e. The van der Waals surface area contributed by atoms with E-state index in [0.717, 1.165) is 5.56 Å². The number of sulfonamides is 1. The Morgan fingerprint density at radius 1 is 1.04 bits per heavy atom. The Labute approximate surface area is 151 Å². The highest BCUT2D eigenvalue weighted by Crippen LogP contribution is 2.36. The highest BCUT2D eigenvalue weighted by atomic mass is 32.2. The van der Waals surface area contributed by atoms with Crippen LogP contribution in [0.1, 0.15) is 5.56 Å². The molecule has 0 saturated carbocycles. The average molecular weight is 371 g/mol. The fourth-order valence-corrected chi connectivity index (χ4v) is 3.54. The predicted octanol–water partition coefficient (Wildman–Crippen LogP) is 2.92. The maximum Gasteiger partial charge on any atom is 0.240 e.